The van der Waals surface area contributed by atoms with E-state index in [-0.39, 0.29) is 45.3 Å². The zero-order chi connectivity index (χ0) is 94.9. The molecule has 0 radical (unpaired) electrons. The Kier molecular flexibility index (Phi) is 29.4. The number of aromatic nitrogens is 18. The van der Waals surface area contributed by atoms with Crippen LogP contribution in [0, 0.1) is 40.5 Å². The number of anilines is 4. The molecule has 0 spiro atoms. The van der Waals surface area contributed by atoms with E-state index < -0.39 is 31.6 Å². The summed E-state index contributed by atoms with van der Waals surface area (Å²) in [6.45, 7) is 46.5. The van der Waals surface area contributed by atoms with Crippen LogP contribution in [0.1, 0.15) is 161 Å². The highest BCUT2D eigenvalue weighted by Gasteiger charge is 2.49. The molecule has 2 aromatic carbocycles. The van der Waals surface area contributed by atoms with E-state index in [4.69, 9.17) is 45.1 Å². The largest absolute Gasteiger partial charge is 0.479 e. The van der Waals surface area contributed by atoms with E-state index in [1.807, 2.05) is 104 Å². The fraction of sp³-hybridized carbons (Fsp3) is 0.389. The predicted molar refractivity (Wildman–Crippen MR) is 518 cm³/mol. The number of hydrogen-bond donors (Lipinski definition) is 2. The summed E-state index contributed by atoms with van der Waals surface area (Å²) in [6.07, 6.45) is 16.6. The maximum atomic E-state index is 12.7. The number of hydrogen-bond acceptors (Lipinski definition) is 32. The van der Waals surface area contributed by atoms with Gasteiger partial charge >= 0.3 is 6.41 Å². The van der Waals surface area contributed by atoms with Crippen molar-refractivity contribution in [2.24, 2.45) is 68.6 Å². The van der Waals surface area contributed by atoms with Gasteiger partial charge in [-0.3, -0.25) is 29.6 Å². The molecule has 1 amide bonds. The first-order valence-electron chi connectivity index (χ1n) is 43.7. The van der Waals surface area contributed by atoms with Gasteiger partial charge in [0.2, 0.25) is 43.4 Å². The maximum absolute atomic E-state index is 12.7. The number of nitrogens with zero attached hydrogens (tertiary/aromatic N) is 32. The van der Waals surface area contributed by atoms with Crippen LogP contribution in [0.15, 0.2) is 168 Å². The quantitative estimate of drug-likeness (QED) is 0.0325. The summed E-state index contributed by atoms with van der Waals surface area (Å²) < 4.78 is 57.8. The van der Waals surface area contributed by atoms with Crippen molar-refractivity contribution in [2.75, 3.05) is 90.6 Å². The van der Waals surface area contributed by atoms with Crippen LogP contribution < -0.4 is 34.6 Å². The van der Waals surface area contributed by atoms with Crippen molar-refractivity contribution in [3.8, 4) is 40.2 Å². The van der Waals surface area contributed by atoms with E-state index in [0.717, 1.165) is 138 Å². The number of aryl methyl sites for hydroxylation is 5. The number of aliphatic imine (C=N–C) groups is 5. The molecule has 0 saturated heterocycles. The molecule has 16 rings (SSSR count). The van der Waals surface area contributed by atoms with Crippen molar-refractivity contribution in [3.05, 3.63) is 180 Å². The highest BCUT2D eigenvalue weighted by molar-refractivity contribution is 7.90. The van der Waals surface area contributed by atoms with Gasteiger partial charge in [-0.2, -0.15) is 20.0 Å². The number of rotatable bonds is 29. The van der Waals surface area contributed by atoms with Gasteiger partial charge in [-0.1, -0.05) is 25.0 Å². The number of ether oxygens (including phenoxy) is 1. The lowest BCUT2D eigenvalue weighted by Gasteiger charge is -2.38. The number of imidazole rings is 2. The lowest BCUT2D eigenvalue weighted by atomic mass is 10.1. The number of primary sulfonamides is 2. The minimum Gasteiger partial charge on any atom is -0.479 e. The van der Waals surface area contributed by atoms with Crippen molar-refractivity contribution in [1.29, 1.82) is 0 Å². The molecule has 690 valence electrons. The Morgan fingerprint density at radius 3 is 1.56 bits per heavy atom. The summed E-state index contributed by atoms with van der Waals surface area (Å²) in [7, 11) is -4.36. The van der Waals surface area contributed by atoms with E-state index >= 15 is 0 Å². The summed E-state index contributed by atoms with van der Waals surface area (Å²) in [4.78, 5) is 92.7. The first kappa shape index (κ1) is 95.6. The van der Waals surface area contributed by atoms with Crippen LogP contribution in [0.3, 0.4) is 0 Å². The van der Waals surface area contributed by atoms with E-state index in [0.29, 0.717) is 93.0 Å². The molecular formula is C90H113N34O6S2+. The van der Waals surface area contributed by atoms with Crippen molar-refractivity contribution in [3.63, 3.8) is 0 Å². The van der Waals surface area contributed by atoms with Gasteiger partial charge in [0, 0.05) is 114 Å². The SMILES string of the molecule is CCN(CC(C)C)c1ccc(N=C2C(CS(N)(=O)=O)=Nn3nc(C4=NC=CC4)nc32)nc1.CCN(CC)c1ccc(N=C2C(C)=Nn3c2nc(-c2cnccn2)c3C)c(C)c1.CCN(CC)c1ccc(N=C2C(CS(N)(=O)=O)=Nn3c2nc(-c2cnccn2)c3OC)c(C)n1.CCN(CC)c1ccc(N=C2C([N+](C=O)(C(C)C)C(C)C)=Nn3nc(-c4cc(C)n(C)n4)nc32)c(C)c1. The number of fused-ring (bicyclic) bond motifs is 4. The third-order valence-electron chi connectivity index (χ3n) is 22.6. The van der Waals surface area contributed by atoms with E-state index in [9.17, 15) is 21.6 Å². The highest BCUT2D eigenvalue weighted by Crippen LogP contribution is 2.37. The van der Waals surface area contributed by atoms with E-state index in [1.54, 1.807) is 54.1 Å². The van der Waals surface area contributed by atoms with Crippen molar-refractivity contribution in [1.82, 2.24) is 88.8 Å². The zero-order valence-electron chi connectivity index (χ0n) is 78.4. The molecule has 42 heteroatoms. The minimum absolute atomic E-state index is 0.0124. The lowest BCUT2D eigenvalue weighted by Crippen LogP contribution is -2.62. The molecule has 5 aliphatic heterocycles. The topological polar surface area (TPSA) is 463 Å². The number of pyridine rings is 2. The Morgan fingerprint density at radius 1 is 0.523 bits per heavy atom. The van der Waals surface area contributed by atoms with Crippen LogP contribution in [-0.4, -0.2) is 251 Å². The van der Waals surface area contributed by atoms with Crippen molar-refractivity contribution < 1.29 is 30.9 Å². The molecular weight excluding hydrogens is 1720 g/mol. The highest BCUT2D eigenvalue weighted by atomic mass is 32.2. The first-order chi connectivity index (χ1) is 63.1. The molecule has 0 unspecified atom stereocenters. The van der Waals surface area contributed by atoms with E-state index in [1.165, 1.54) is 33.3 Å². The van der Waals surface area contributed by atoms with Crippen LogP contribution in [-0.2, 0) is 31.9 Å². The summed E-state index contributed by atoms with van der Waals surface area (Å²) in [5.41, 5.74) is 17.3. The van der Waals surface area contributed by atoms with Crippen LogP contribution in [0.2, 0.25) is 0 Å². The third kappa shape index (κ3) is 20.6. The Morgan fingerprint density at radius 2 is 1.05 bits per heavy atom. The Labute approximate surface area is 768 Å². The standard InChI is InChI=1S/C27H38N9O.C22H25N7.C21H25N9O3S.C20H25N9O2S/c1-10-34(11-2)21-12-13-22(19(7)14-21)28-24-26-29-25(23-15-20(8)33(9)30-23)31-35(26)32-27(24)36(16-37,17(3)4)18(5)6;1-6-28(7-2)17-8-9-18(14(3)12-17)25-20-15(4)27-29-16(5)21(26-22(20)29)19-13-23-10-11-24-19;1-5-29(6-2)17-8-7-14(13(3)25-17)26-18-16(12-34(22,31)32)28-30-20(18)27-19(21(30)33-4)15-11-23-9-10-24-15;1-4-28(11-13(2)3)14-7-8-17(23-10-14)24-18-16(12-32(21,30)31)26-29-20(18)25-19(27-29)15-6-5-9-22-15/h12-18H,10-11H2,1-9H3;8-13H,6-7H2,1-5H3;7-11H,5-6,12H2,1-4H3,(H2,22,31,32);5,7-10,13H,4,6,11-12H2,1-3H3,(H2,21,30,31)/q+1;;;. The fourth-order valence-electron chi connectivity index (χ4n) is 15.6. The first-order valence-corrected chi connectivity index (χ1v) is 47.2. The van der Waals surface area contributed by atoms with Crippen molar-refractivity contribution >= 4 is 124 Å². The monoisotopic (exact) mass is 1830 g/mol. The molecule has 0 atom stereocenters. The minimum atomic E-state index is -3.88. The molecule has 4 N–H and O–H groups in total. The van der Waals surface area contributed by atoms with Crippen LogP contribution >= 0.6 is 0 Å². The molecule has 0 saturated carbocycles. The molecule has 11 aromatic rings. The number of carbonyl (C=O) groups is 1. The molecule has 0 aliphatic carbocycles. The van der Waals surface area contributed by atoms with Gasteiger partial charge in [-0.25, -0.2) is 90.9 Å². The summed E-state index contributed by atoms with van der Waals surface area (Å²) >= 11 is 0. The van der Waals surface area contributed by atoms with Gasteiger partial charge < -0.3 is 24.3 Å². The predicted octanol–water partition coefficient (Wildman–Crippen LogP) is 11.4. The summed E-state index contributed by atoms with van der Waals surface area (Å²) in [6, 6.07) is 21.9. The molecule has 14 heterocycles. The Hall–Kier alpha value is -14.0. The van der Waals surface area contributed by atoms with Crippen LogP contribution in [0.25, 0.3) is 34.3 Å². The molecule has 132 heavy (non-hydrogen) atoms. The van der Waals surface area contributed by atoms with Gasteiger partial charge in [0.25, 0.3) is 5.84 Å². The Bertz CT molecular complexity index is 6670. The number of carbonyl (C=O) groups excluding carboxylic acids is 1. The van der Waals surface area contributed by atoms with Crippen molar-refractivity contribution in [2.45, 2.75) is 150 Å². The van der Waals surface area contributed by atoms with Gasteiger partial charge in [0.1, 0.15) is 68.7 Å². The average molecular weight is 1830 g/mol. The van der Waals surface area contributed by atoms with Gasteiger partial charge in [-0.15, -0.1) is 24.9 Å². The lowest BCUT2D eigenvalue weighted by molar-refractivity contribution is -0.799. The third-order valence-corrected chi connectivity index (χ3v) is 24.0. The summed E-state index contributed by atoms with van der Waals surface area (Å²) in [5, 5.41) is 42.2. The Balaban J connectivity index is 0.000000150. The second-order valence-electron chi connectivity index (χ2n) is 32.5. The number of allylic oxidation sites excluding steroid dienone is 1. The molecule has 0 fully saturated rings. The fourth-order valence-corrected chi connectivity index (χ4v) is 16.8. The van der Waals surface area contributed by atoms with E-state index in [2.05, 4.69) is 207 Å². The second kappa shape index (κ2) is 40.6. The number of amides is 1. The number of nitrogens with two attached hydrogens (primary N) is 2. The number of amidine groups is 1. The number of sulfonamides is 2. The van der Waals surface area contributed by atoms with Gasteiger partial charge in [0.15, 0.2) is 34.7 Å². The summed E-state index contributed by atoms with van der Waals surface area (Å²) in [5.74, 6) is 4.38. The van der Waals surface area contributed by atoms with Gasteiger partial charge in [-0.05, 0) is 201 Å². The van der Waals surface area contributed by atoms with Crippen LogP contribution in [0.5, 0.6) is 5.88 Å². The molecule has 5 aliphatic rings. The number of quaternary nitrogens is 1. The molecule has 9 aromatic heterocycles. The number of benzene rings is 2. The second-order valence-corrected chi connectivity index (χ2v) is 35.8. The number of methoxy groups -OCH3 is 1. The average Bonchev–Trinajstić information content (AvgIpc) is 1.58. The molecule has 40 nitrogen and oxygen atoms in total. The zero-order valence-corrected chi connectivity index (χ0v) is 80.0. The smallest absolute Gasteiger partial charge is 0.308 e. The maximum Gasteiger partial charge on any atom is 0.308 e. The van der Waals surface area contributed by atoms with Crippen LogP contribution in [0.4, 0.5) is 45.8 Å². The van der Waals surface area contributed by atoms with Gasteiger partial charge in [0.05, 0.1) is 83.3 Å². The normalized spacial score (nSPS) is 14.9. The molecule has 0 bridgehead atoms.